The van der Waals surface area contributed by atoms with Crippen molar-refractivity contribution in [1.29, 1.82) is 0 Å². The van der Waals surface area contributed by atoms with Crippen molar-refractivity contribution in [2.75, 3.05) is 6.54 Å². The Hall–Kier alpha value is -2.76. The van der Waals surface area contributed by atoms with Crippen molar-refractivity contribution in [1.82, 2.24) is 20.6 Å². The summed E-state index contributed by atoms with van der Waals surface area (Å²) in [6, 6.07) is 6.75. The van der Waals surface area contributed by atoms with Gasteiger partial charge in [0.05, 0.1) is 5.54 Å². The van der Waals surface area contributed by atoms with Gasteiger partial charge in [-0.15, -0.1) is 0 Å². The third kappa shape index (κ3) is 4.41. The Balaban J connectivity index is 1.68. The highest BCUT2D eigenvalue weighted by Crippen LogP contribution is 2.28. The molecular weight excluding hydrogens is 316 g/mol. The lowest BCUT2D eigenvalue weighted by Crippen LogP contribution is -2.56. The lowest BCUT2D eigenvalue weighted by Gasteiger charge is -2.38. The van der Waals surface area contributed by atoms with Crippen LogP contribution in [0.1, 0.15) is 52.8 Å². The summed E-state index contributed by atoms with van der Waals surface area (Å²) in [6.45, 7) is 0.422. The van der Waals surface area contributed by atoms with Crippen LogP contribution in [0.2, 0.25) is 0 Å². The summed E-state index contributed by atoms with van der Waals surface area (Å²) in [7, 11) is 0. The third-order valence-corrected chi connectivity index (χ3v) is 4.66. The lowest BCUT2D eigenvalue weighted by atomic mass is 9.81. The van der Waals surface area contributed by atoms with Gasteiger partial charge in [0.2, 0.25) is 0 Å². The first kappa shape index (κ1) is 17.1. The van der Waals surface area contributed by atoms with Gasteiger partial charge in [-0.2, -0.15) is 0 Å². The predicted molar refractivity (Wildman–Crippen MR) is 94.1 cm³/mol. The molecule has 0 saturated heterocycles. The van der Waals surface area contributed by atoms with Gasteiger partial charge in [0.1, 0.15) is 0 Å². The molecular formula is C19H22N4O2. The van der Waals surface area contributed by atoms with Crippen LogP contribution in [0.4, 0.5) is 0 Å². The predicted octanol–water partition coefficient (Wildman–Crippen LogP) is 2.34. The van der Waals surface area contributed by atoms with Crippen molar-refractivity contribution in [3.63, 3.8) is 0 Å². The van der Waals surface area contributed by atoms with E-state index in [9.17, 15) is 9.59 Å². The van der Waals surface area contributed by atoms with Gasteiger partial charge in [-0.1, -0.05) is 19.3 Å². The summed E-state index contributed by atoms with van der Waals surface area (Å²) >= 11 is 0. The van der Waals surface area contributed by atoms with Crippen LogP contribution in [0, 0.1) is 0 Å². The van der Waals surface area contributed by atoms with Crippen molar-refractivity contribution in [2.45, 2.75) is 37.6 Å². The summed E-state index contributed by atoms with van der Waals surface area (Å²) in [4.78, 5) is 32.8. The van der Waals surface area contributed by atoms with Gasteiger partial charge in [-0.3, -0.25) is 19.6 Å². The molecule has 2 aromatic heterocycles. The zero-order valence-electron chi connectivity index (χ0n) is 14.1. The quantitative estimate of drug-likeness (QED) is 0.876. The molecule has 1 aliphatic carbocycles. The normalized spacial score (nSPS) is 16.0. The van der Waals surface area contributed by atoms with Crippen molar-refractivity contribution >= 4 is 11.8 Å². The maximum Gasteiger partial charge on any atom is 0.251 e. The number of aromatic nitrogens is 2. The first-order chi connectivity index (χ1) is 12.2. The molecule has 0 aromatic carbocycles. The zero-order valence-corrected chi connectivity index (χ0v) is 14.1. The zero-order chi connectivity index (χ0) is 17.5. The third-order valence-electron chi connectivity index (χ3n) is 4.66. The number of nitrogens with one attached hydrogen (secondary N) is 2. The average Bonchev–Trinajstić information content (AvgIpc) is 2.68. The lowest BCUT2D eigenvalue weighted by molar-refractivity contribution is 0.0833. The Kier molecular flexibility index (Phi) is 5.38. The Morgan fingerprint density at radius 2 is 1.36 bits per heavy atom. The number of nitrogens with zero attached hydrogens (tertiary/aromatic N) is 2. The highest BCUT2D eigenvalue weighted by atomic mass is 16.2. The average molecular weight is 338 g/mol. The Labute approximate surface area is 147 Å². The first-order valence-corrected chi connectivity index (χ1v) is 8.59. The van der Waals surface area contributed by atoms with Crippen molar-refractivity contribution in [3.05, 3.63) is 60.2 Å². The van der Waals surface area contributed by atoms with Crippen LogP contribution >= 0.6 is 0 Å². The van der Waals surface area contributed by atoms with Crippen molar-refractivity contribution in [3.8, 4) is 0 Å². The second kappa shape index (κ2) is 7.88. The van der Waals surface area contributed by atoms with Crippen LogP contribution in [0.5, 0.6) is 0 Å². The second-order valence-corrected chi connectivity index (χ2v) is 6.45. The van der Waals surface area contributed by atoms with E-state index in [0.29, 0.717) is 17.7 Å². The van der Waals surface area contributed by atoms with Gasteiger partial charge in [-0.05, 0) is 37.1 Å². The number of carbonyl (C=O) groups is 2. The molecule has 0 unspecified atom stereocenters. The smallest absolute Gasteiger partial charge is 0.251 e. The molecule has 3 rings (SSSR count). The van der Waals surface area contributed by atoms with E-state index in [1.807, 2.05) is 0 Å². The fourth-order valence-corrected chi connectivity index (χ4v) is 3.25. The number of hydrogen-bond acceptors (Lipinski definition) is 4. The SMILES string of the molecule is O=C(NCC1(NC(=O)c2ccncc2)CCCCC1)c1ccncc1. The monoisotopic (exact) mass is 338 g/mol. The summed E-state index contributed by atoms with van der Waals surface area (Å²) in [5.74, 6) is -0.270. The van der Waals surface area contributed by atoms with E-state index in [-0.39, 0.29) is 11.8 Å². The molecule has 0 bridgehead atoms. The molecule has 1 saturated carbocycles. The second-order valence-electron chi connectivity index (χ2n) is 6.45. The topological polar surface area (TPSA) is 84.0 Å². The molecule has 2 heterocycles. The van der Waals surface area contributed by atoms with Crippen LogP contribution in [0.15, 0.2) is 49.1 Å². The molecule has 6 nitrogen and oxygen atoms in total. The Morgan fingerprint density at radius 1 is 0.840 bits per heavy atom. The minimum Gasteiger partial charge on any atom is -0.350 e. The van der Waals surface area contributed by atoms with E-state index >= 15 is 0 Å². The summed E-state index contributed by atoms with van der Waals surface area (Å²) in [5, 5.41) is 6.13. The Bertz CT molecular complexity index is 713. The van der Waals surface area contributed by atoms with Gasteiger partial charge < -0.3 is 10.6 Å². The highest BCUT2D eigenvalue weighted by molar-refractivity contribution is 5.95. The Morgan fingerprint density at radius 3 is 1.92 bits per heavy atom. The van der Waals surface area contributed by atoms with Crippen LogP contribution in [-0.2, 0) is 0 Å². The minimum absolute atomic E-state index is 0.123. The van der Waals surface area contributed by atoms with Crippen molar-refractivity contribution < 1.29 is 9.59 Å². The molecule has 25 heavy (non-hydrogen) atoms. The van der Waals surface area contributed by atoms with E-state index in [1.165, 1.54) is 0 Å². The van der Waals surface area contributed by atoms with E-state index in [0.717, 1.165) is 32.1 Å². The molecule has 2 aromatic rings. The fraction of sp³-hybridized carbons (Fsp3) is 0.368. The summed E-state index contributed by atoms with van der Waals surface area (Å²) in [5.41, 5.74) is 0.753. The standard InChI is InChI=1S/C19H22N4O2/c24-17(15-4-10-20-11-5-15)22-14-19(8-2-1-3-9-19)23-18(25)16-6-12-21-13-7-16/h4-7,10-13H,1-3,8-9,14H2,(H,22,24)(H,23,25). The van der Waals surface area contributed by atoms with E-state index in [2.05, 4.69) is 20.6 Å². The van der Waals surface area contributed by atoms with Crippen LogP contribution in [0.25, 0.3) is 0 Å². The number of pyridine rings is 2. The number of amides is 2. The van der Waals surface area contributed by atoms with Crippen LogP contribution in [0.3, 0.4) is 0 Å². The highest BCUT2D eigenvalue weighted by Gasteiger charge is 2.34. The number of carbonyl (C=O) groups excluding carboxylic acids is 2. The van der Waals surface area contributed by atoms with Gasteiger partial charge in [0, 0.05) is 42.5 Å². The van der Waals surface area contributed by atoms with E-state index in [4.69, 9.17) is 0 Å². The molecule has 6 heteroatoms. The van der Waals surface area contributed by atoms with E-state index in [1.54, 1.807) is 49.1 Å². The fourth-order valence-electron chi connectivity index (χ4n) is 3.25. The van der Waals surface area contributed by atoms with Gasteiger partial charge >= 0.3 is 0 Å². The summed E-state index contributed by atoms with van der Waals surface area (Å²) in [6.07, 6.45) is 11.4. The molecule has 0 aliphatic heterocycles. The summed E-state index contributed by atoms with van der Waals surface area (Å²) < 4.78 is 0. The number of rotatable bonds is 5. The molecule has 130 valence electrons. The molecule has 2 amide bonds. The molecule has 0 radical (unpaired) electrons. The molecule has 1 fully saturated rings. The largest absolute Gasteiger partial charge is 0.350 e. The van der Waals surface area contributed by atoms with Gasteiger partial charge in [0.15, 0.2) is 0 Å². The molecule has 2 N–H and O–H groups in total. The molecule has 1 aliphatic rings. The van der Waals surface area contributed by atoms with Gasteiger partial charge in [0.25, 0.3) is 11.8 Å². The van der Waals surface area contributed by atoms with Gasteiger partial charge in [-0.25, -0.2) is 0 Å². The maximum atomic E-state index is 12.6. The van der Waals surface area contributed by atoms with E-state index < -0.39 is 5.54 Å². The molecule has 0 atom stereocenters. The minimum atomic E-state index is -0.401. The number of hydrogen-bond donors (Lipinski definition) is 2. The maximum absolute atomic E-state index is 12.6. The molecule has 0 spiro atoms. The first-order valence-electron chi connectivity index (χ1n) is 8.59. The van der Waals surface area contributed by atoms with Crippen molar-refractivity contribution in [2.24, 2.45) is 0 Å². The van der Waals surface area contributed by atoms with Crippen LogP contribution < -0.4 is 10.6 Å². The van der Waals surface area contributed by atoms with Crippen LogP contribution in [-0.4, -0.2) is 33.9 Å².